The zero-order valence-electron chi connectivity index (χ0n) is 12.3. The summed E-state index contributed by atoms with van der Waals surface area (Å²) in [5.41, 5.74) is 2.80. The first-order valence-electron chi connectivity index (χ1n) is 7.44. The van der Waals surface area contributed by atoms with Crippen LogP contribution in [0, 0.1) is 0 Å². The van der Waals surface area contributed by atoms with Gasteiger partial charge in [-0.05, 0) is 30.2 Å². The number of fused-ring (bicyclic) bond motifs is 1. The molecule has 4 nitrogen and oxygen atoms in total. The van der Waals surface area contributed by atoms with Crippen molar-refractivity contribution in [3.8, 4) is 0 Å². The molecule has 0 amide bonds. The molecule has 5 heteroatoms. The Bertz CT molecular complexity index is 611. The van der Waals surface area contributed by atoms with Crippen LogP contribution in [0.15, 0.2) is 24.3 Å². The monoisotopic (exact) mass is 303 g/mol. The zero-order valence-corrected chi connectivity index (χ0v) is 13.1. The second-order valence-electron chi connectivity index (χ2n) is 5.37. The highest BCUT2D eigenvalue weighted by molar-refractivity contribution is 7.98. The standard InChI is InChI=1S/C16H21N3OS/c1-21-11-8-15-17-16(19(18-15)9-10-20)14-7-6-12-4-2-3-5-13(12)14/h2-5,14,20H,6-11H2,1H3/t14-/m0/s1. The number of aryl methyl sites for hydroxylation is 2. The molecule has 0 fully saturated rings. The van der Waals surface area contributed by atoms with Gasteiger partial charge in [-0.2, -0.15) is 16.9 Å². The molecule has 1 heterocycles. The minimum absolute atomic E-state index is 0.104. The van der Waals surface area contributed by atoms with Crippen LogP contribution in [0.2, 0.25) is 0 Å². The molecule has 21 heavy (non-hydrogen) atoms. The maximum Gasteiger partial charge on any atom is 0.151 e. The van der Waals surface area contributed by atoms with Crippen molar-refractivity contribution in [2.45, 2.75) is 31.7 Å². The Morgan fingerprint density at radius 3 is 3.05 bits per heavy atom. The number of hydrogen-bond donors (Lipinski definition) is 1. The topological polar surface area (TPSA) is 50.9 Å². The van der Waals surface area contributed by atoms with Crippen LogP contribution in [-0.4, -0.2) is 38.5 Å². The summed E-state index contributed by atoms with van der Waals surface area (Å²) in [4.78, 5) is 4.77. The lowest BCUT2D eigenvalue weighted by Gasteiger charge is -2.12. The number of aliphatic hydroxyl groups excluding tert-OH is 1. The van der Waals surface area contributed by atoms with Crippen LogP contribution < -0.4 is 0 Å². The first kappa shape index (κ1) is 14.6. The van der Waals surface area contributed by atoms with E-state index in [-0.39, 0.29) is 6.61 Å². The number of aromatic nitrogens is 3. The molecule has 1 aromatic carbocycles. The molecule has 0 spiro atoms. The molecule has 1 aliphatic rings. The Balaban J connectivity index is 1.92. The Kier molecular flexibility index (Phi) is 4.60. The van der Waals surface area contributed by atoms with E-state index in [0.29, 0.717) is 12.5 Å². The molecule has 1 atom stereocenters. The van der Waals surface area contributed by atoms with Gasteiger partial charge >= 0.3 is 0 Å². The smallest absolute Gasteiger partial charge is 0.151 e. The SMILES string of the molecule is CSCCc1nc([C@H]2CCc3ccccc32)n(CCO)n1. The molecule has 0 bridgehead atoms. The minimum Gasteiger partial charge on any atom is -0.394 e. The predicted molar refractivity (Wildman–Crippen MR) is 85.8 cm³/mol. The molecule has 0 aliphatic heterocycles. The zero-order chi connectivity index (χ0) is 14.7. The number of thioether (sulfide) groups is 1. The molecule has 0 radical (unpaired) electrons. The van der Waals surface area contributed by atoms with Gasteiger partial charge in [-0.1, -0.05) is 24.3 Å². The first-order valence-corrected chi connectivity index (χ1v) is 8.84. The fraction of sp³-hybridized carbons (Fsp3) is 0.500. The molecule has 3 rings (SSSR count). The first-order chi connectivity index (χ1) is 10.3. The largest absolute Gasteiger partial charge is 0.394 e. The maximum absolute atomic E-state index is 9.27. The van der Waals surface area contributed by atoms with Crippen LogP contribution >= 0.6 is 11.8 Å². The van der Waals surface area contributed by atoms with E-state index >= 15 is 0 Å². The third-order valence-electron chi connectivity index (χ3n) is 4.03. The van der Waals surface area contributed by atoms with E-state index in [1.54, 1.807) is 0 Å². The van der Waals surface area contributed by atoms with Crippen molar-refractivity contribution < 1.29 is 5.11 Å². The fourth-order valence-electron chi connectivity index (χ4n) is 3.04. The van der Waals surface area contributed by atoms with Gasteiger partial charge in [-0.15, -0.1) is 0 Å². The Morgan fingerprint density at radius 1 is 1.38 bits per heavy atom. The third kappa shape index (κ3) is 2.99. The van der Waals surface area contributed by atoms with Crippen molar-refractivity contribution in [3.63, 3.8) is 0 Å². The van der Waals surface area contributed by atoms with Gasteiger partial charge in [-0.25, -0.2) is 9.67 Å². The summed E-state index contributed by atoms with van der Waals surface area (Å²) in [6.07, 6.45) is 5.18. The quantitative estimate of drug-likeness (QED) is 0.889. The second kappa shape index (κ2) is 6.62. The van der Waals surface area contributed by atoms with E-state index in [2.05, 4.69) is 35.6 Å². The summed E-state index contributed by atoms with van der Waals surface area (Å²) in [6.45, 7) is 0.632. The predicted octanol–water partition coefficient (Wildman–Crippen LogP) is 2.25. The number of nitrogens with zero attached hydrogens (tertiary/aromatic N) is 3. The highest BCUT2D eigenvalue weighted by Gasteiger charge is 2.28. The van der Waals surface area contributed by atoms with Crippen LogP contribution in [0.5, 0.6) is 0 Å². The molecule has 112 valence electrons. The van der Waals surface area contributed by atoms with Gasteiger partial charge in [-0.3, -0.25) is 0 Å². The summed E-state index contributed by atoms with van der Waals surface area (Å²) < 4.78 is 1.91. The maximum atomic E-state index is 9.27. The van der Waals surface area contributed by atoms with Crippen molar-refractivity contribution in [2.24, 2.45) is 0 Å². The van der Waals surface area contributed by atoms with Gasteiger partial charge in [0.1, 0.15) is 5.82 Å². The lowest BCUT2D eigenvalue weighted by atomic mass is 10.0. The van der Waals surface area contributed by atoms with Crippen molar-refractivity contribution in [1.82, 2.24) is 14.8 Å². The highest BCUT2D eigenvalue weighted by Crippen LogP contribution is 2.37. The van der Waals surface area contributed by atoms with Gasteiger partial charge in [0, 0.05) is 18.1 Å². The van der Waals surface area contributed by atoms with E-state index in [4.69, 9.17) is 4.98 Å². The molecule has 1 aliphatic carbocycles. The van der Waals surface area contributed by atoms with Gasteiger partial charge in [0.2, 0.25) is 0 Å². The number of rotatable bonds is 6. The summed E-state index contributed by atoms with van der Waals surface area (Å²) in [7, 11) is 0. The summed E-state index contributed by atoms with van der Waals surface area (Å²) in [6, 6.07) is 8.60. The minimum atomic E-state index is 0.104. The summed E-state index contributed by atoms with van der Waals surface area (Å²) >= 11 is 1.81. The molecule has 0 saturated carbocycles. The van der Waals surface area contributed by atoms with Crippen molar-refractivity contribution in [3.05, 3.63) is 47.0 Å². The fourth-order valence-corrected chi connectivity index (χ4v) is 3.43. The molecular formula is C16H21N3OS. The van der Waals surface area contributed by atoms with Crippen LogP contribution in [0.25, 0.3) is 0 Å². The Labute approximate surface area is 129 Å². The highest BCUT2D eigenvalue weighted by atomic mass is 32.2. The van der Waals surface area contributed by atoms with E-state index in [1.807, 2.05) is 16.4 Å². The van der Waals surface area contributed by atoms with Crippen LogP contribution in [-0.2, 0) is 19.4 Å². The van der Waals surface area contributed by atoms with E-state index < -0.39 is 0 Å². The van der Waals surface area contributed by atoms with Crippen LogP contribution in [0.4, 0.5) is 0 Å². The number of aliphatic hydroxyl groups is 1. The van der Waals surface area contributed by atoms with E-state index in [0.717, 1.165) is 36.7 Å². The third-order valence-corrected chi connectivity index (χ3v) is 4.64. The second-order valence-corrected chi connectivity index (χ2v) is 6.35. The average molecular weight is 303 g/mol. The van der Waals surface area contributed by atoms with E-state index in [9.17, 15) is 5.11 Å². The normalized spacial score (nSPS) is 17.1. The van der Waals surface area contributed by atoms with Crippen LogP contribution in [0.3, 0.4) is 0 Å². The lowest BCUT2D eigenvalue weighted by molar-refractivity contribution is 0.266. The van der Waals surface area contributed by atoms with Crippen molar-refractivity contribution in [2.75, 3.05) is 18.6 Å². The lowest BCUT2D eigenvalue weighted by Crippen LogP contribution is -2.12. The number of hydrogen-bond acceptors (Lipinski definition) is 4. The molecule has 1 N–H and O–H groups in total. The molecule has 0 saturated heterocycles. The summed E-state index contributed by atoms with van der Waals surface area (Å²) in [5, 5.41) is 13.9. The Morgan fingerprint density at radius 2 is 2.24 bits per heavy atom. The van der Waals surface area contributed by atoms with E-state index in [1.165, 1.54) is 11.1 Å². The van der Waals surface area contributed by atoms with Crippen LogP contribution in [0.1, 0.15) is 35.1 Å². The molecular weight excluding hydrogens is 282 g/mol. The van der Waals surface area contributed by atoms with Gasteiger partial charge in [0.25, 0.3) is 0 Å². The van der Waals surface area contributed by atoms with Gasteiger partial charge < -0.3 is 5.11 Å². The Hall–Kier alpha value is -1.33. The van der Waals surface area contributed by atoms with Crippen molar-refractivity contribution in [1.29, 1.82) is 0 Å². The van der Waals surface area contributed by atoms with Gasteiger partial charge in [0.15, 0.2) is 5.82 Å². The van der Waals surface area contributed by atoms with Crippen molar-refractivity contribution >= 4 is 11.8 Å². The van der Waals surface area contributed by atoms with Gasteiger partial charge in [0.05, 0.1) is 13.2 Å². The summed E-state index contributed by atoms with van der Waals surface area (Å²) in [5.74, 6) is 3.27. The average Bonchev–Trinajstić information content (AvgIpc) is 3.09. The number of benzene rings is 1. The molecule has 2 aromatic rings. The molecule has 1 aromatic heterocycles. The molecule has 0 unspecified atom stereocenters.